The summed E-state index contributed by atoms with van der Waals surface area (Å²) in [6.45, 7) is 0.0725. The molecular formula is C47H26BF24NO4. The molecule has 1 aromatic heterocycles. The highest BCUT2D eigenvalue weighted by molar-refractivity contribution is 7.20. The van der Waals surface area contributed by atoms with Crippen molar-refractivity contribution in [3.05, 3.63) is 183 Å². The van der Waals surface area contributed by atoms with Crippen LogP contribution in [0, 0.1) is 0 Å². The molecule has 0 amide bonds. The van der Waals surface area contributed by atoms with Gasteiger partial charge in [0.1, 0.15) is 6.15 Å². The van der Waals surface area contributed by atoms with E-state index in [1.807, 2.05) is 34.9 Å². The van der Waals surface area contributed by atoms with E-state index in [0.717, 1.165) is 5.56 Å². The first-order chi connectivity index (χ1) is 34.9. The highest BCUT2D eigenvalue weighted by Crippen LogP contribution is 2.41. The monoisotopic (exact) mass is 1140 g/mol. The predicted octanol–water partition coefficient (Wildman–Crippen LogP) is 12.5. The molecule has 1 N–H and O–H groups in total. The number of pyridine rings is 1. The Bertz CT molecular complexity index is 2660. The summed E-state index contributed by atoms with van der Waals surface area (Å²) < 4.78 is 347. The second-order valence-electron chi connectivity index (χ2n) is 16.4. The Morgan fingerprint density at radius 1 is 0.390 bits per heavy atom. The molecule has 6 aromatic rings. The number of ether oxygens (including phenoxy) is 1. The molecule has 0 spiro atoms. The van der Waals surface area contributed by atoms with Gasteiger partial charge in [0.2, 0.25) is 0 Å². The van der Waals surface area contributed by atoms with Gasteiger partial charge in [-0.25, -0.2) is 14.2 Å². The molecular weight excluding hydrogens is 1110 g/mol. The van der Waals surface area contributed by atoms with Crippen molar-refractivity contribution in [2.75, 3.05) is 6.61 Å². The summed E-state index contributed by atoms with van der Waals surface area (Å²) >= 11 is 0. The van der Waals surface area contributed by atoms with Crippen LogP contribution in [0.3, 0.4) is 0 Å². The van der Waals surface area contributed by atoms with Gasteiger partial charge in [-0.05, 0) is 24.3 Å². The van der Waals surface area contributed by atoms with Gasteiger partial charge in [-0.2, -0.15) is 127 Å². The molecule has 0 aliphatic carbocycles. The van der Waals surface area contributed by atoms with Gasteiger partial charge in [-0.1, -0.05) is 78.9 Å². The van der Waals surface area contributed by atoms with Crippen LogP contribution in [0.2, 0.25) is 0 Å². The van der Waals surface area contributed by atoms with Crippen LogP contribution in [0.4, 0.5) is 105 Å². The molecule has 0 saturated heterocycles. The lowest BCUT2D eigenvalue weighted by atomic mass is 9.12. The minimum absolute atomic E-state index is 0.329. The van der Waals surface area contributed by atoms with Crippen molar-refractivity contribution in [3.8, 4) is 0 Å². The van der Waals surface area contributed by atoms with Crippen LogP contribution in [0.15, 0.2) is 128 Å². The van der Waals surface area contributed by atoms with E-state index in [0.29, 0.717) is 12.1 Å². The van der Waals surface area contributed by atoms with Gasteiger partial charge in [-0.15, -0.1) is 0 Å². The number of esters is 1. The maximum Gasteiger partial charge on any atom is 0.416 e. The number of alkyl halides is 24. The zero-order valence-corrected chi connectivity index (χ0v) is 37.3. The molecule has 0 unspecified atom stereocenters. The van der Waals surface area contributed by atoms with Crippen molar-refractivity contribution in [1.29, 1.82) is 0 Å². The van der Waals surface area contributed by atoms with E-state index < -0.39 is 213 Å². The molecule has 5 aromatic carbocycles. The molecule has 414 valence electrons. The van der Waals surface area contributed by atoms with Crippen LogP contribution >= 0.6 is 0 Å². The summed E-state index contributed by atoms with van der Waals surface area (Å²) in [5, 5.41) is 8.44. The summed E-state index contributed by atoms with van der Waals surface area (Å²) in [5.41, 5.74) is -28.7. The third-order valence-corrected chi connectivity index (χ3v) is 11.1. The average molecular weight is 1140 g/mol. The highest BCUT2D eigenvalue weighted by Gasteiger charge is 2.47. The van der Waals surface area contributed by atoms with E-state index >= 15 is 0 Å². The zero-order chi connectivity index (χ0) is 58.3. The Labute approximate surface area is 414 Å². The zero-order valence-electron chi connectivity index (χ0n) is 37.3. The molecule has 0 bridgehead atoms. The Hall–Kier alpha value is -7.43. The average Bonchev–Trinajstić information content (AvgIpc) is 3.29. The largest absolute Gasteiger partial charge is 0.479 e. The molecule has 5 nitrogen and oxygen atoms in total. The van der Waals surface area contributed by atoms with E-state index in [4.69, 9.17) is 5.11 Å². The summed E-state index contributed by atoms with van der Waals surface area (Å²) in [7, 11) is 0. The Balaban J connectivity index is 0.000000455. The summed E-state index contributed by atoms with van der Waals surface area (Å²) in [4.78, 5) is 21.8. The number of carboxylic acids is 1. The van der Waals surface area contributed by atoms with Gasteiger partial charge < -0.3 is 9.84 Å². The number of aliphatic carboxylic acids is 1. The van der Waals surface area contributed by atoms with E-state index in [1.165, 1.54) is 0 Å². The number of hydrogen-bond acceptors (Lipinski definition) is 3. The molecule has 0 aliphatic heterocycles. The van der Waals surface area contributed by atoms with E-state index in [9.17, 15) is 115 Å². The van der Waals surface area contributed by atoms with Crippen molar-refractivity contribution >= 4 is 39.9 Å². The van der Waals surface area contributed by atoms with Crippen molar-refractivity contribution < 1.29 is 129 Å². The minimum Gasteiger partial charge on any atom is -0.479 e. The minimum atomic E-state index is -6.13. The Morgan fingerprint density at radius 3 is 0.857 bits per heavy atom. The van der Waals surface area contributed by atoms with Gasteiger partial charge in [0.15, 0.2) is 25.5 Å². The highest BCUT2D eigenvalue weighted by atomic mass is 19.4. The SMILES string of the molecule is FC(F)(F)c1cc([B-](c2cc(C(F)(F)F)cc(C(F)(F)F)c2)(c2cc(C(F)(F)F)cc(C(F)(F)F)c2)c2cc(C(F)(F)F)cc(C(F)(F)F)c2)cc(C(F)(F)F)c1.O=C(O)COC(=O)c1cc[n+](Cc2ccccc2)cc1. The standard InChI is InChI=1S/C32H12BF24.C15H13NO4/c34-25(35,36)13-1-14(26(37,38)39)6-21(5-13)33(22-7-15(27(40,41)42)2-16(8-22)28(43,44)45,23-9-17(29(46,47)48)3-18(10-23)30(49,50)51)24-11-19(31(52,53)54)4-20(12-24)32(55,56)57;17-14(18)11-20-15(19)13-6-8-16(9-7-13)10-12-4-2-1-3-5-12/h1-12H;1-9H,10-11H2/q-1;/p+1. The summed E-state index contributed by atoms with van der Waals surface area (Å²) in [6.07, 6.45) is -51.3. The molecule has 0 aliphatic rings. The van der Waals surface area contributed by atoms with Gasteiger partial charge >= 0.3 is 61.3 Å². The number of aromatic nitrogens is 1. The quantitative estimate of drug-likeness (QED) is 0.0678. The third-order valence-electron chi connectivity index (χ3n) is 11.1. The van der Waals surface area contributed by atoms with Crippen LogP contribution in [0.5, 0.6) is 0 Å². The first kappa shape index (κ1) is 60.4. The summed E-state index contributed by atoms with van der Waals surface area (Å²) in [6, 6.07) is 4.32. The molecule has 30 heteroatoms. The number of nitrogens with zero attached hydrogens (tertiary/aromatic N) is 1. The van der Waals surface area contributed by atoms with Gasteiger partial charge in [0, 0.05) is 17.7 Å². The van der Waals surface area contributed by atoms with Crippen molar-refractivity contribution in [2.24, 2.45) is 0 Å². The predicted molar refractivity (Wildman–Crippen MR) is 220 cm³/mol. The van der Waals surface area contributed by atoms with Crippen LogP contribution in [-0.4, -0.2) is 29.8 Å². The smallest absolute Gasteiger partial charge is 0.416 e. The molecule has 6 rings (SSSR count). The number of carboxylic acid groups (broad SMARTS) is 1. The number of hydrogen-bond donors (Lipinski definition) is 1. The number of benzene rings is 5. The van der Waals surface area contributed by atoms with Gasteiger partial charge in [-0.3, -0.25) is 0 Å². The molecule has 77 heavy (non-hydrogen) atoms. The second kappa shape index (κ2) is 21.2. The normalized spacial score (nSPS) is 13.2. The van der Waals surface area contributed by atoms with Gasteiger partial charge in [0.25, 0.3) is 0 Å². The molecule has 0 radical (unpaired) electrons. The van der Waals surface area contributed by atoms with Crippen molar-refractivity contribution in [1.82, 2.24) is 0 Å². The number of rotatable bonds is 9. The topological polar surface area (TPSA) is 67.5 Å². The first-order valence-electron chi connectivity index (χ1n) is 20.7. The second-order valence-corrected chi connectivity index (χ2v) is 16.4. The maximum absolute atomic E-state index is 14.2. The first-order valence-corrected chi connectivity index (χ1v) is 20.7. The fraction of sp³-hybridized carbons (Fsp3) is 0.213. The van der Waals surface area contributed by atoms with E-state index in [-0.39, 0.29) is 0 Å². The third kappa shape index (κ3) is 14.7. The van der Waals surface area contributed by atoms with Crippen LogP contribution in [0.1, 0.15) is 60.4 Å². The molecule has 0 saturated carbocycles. The van der Waals surface area contributed by atoms with Crippen molar-refractivity contribution in [2.45, 2.75) is 56.0 Å². The Kier molecular flexibility index (Phi) is 16.6. The molecule has 1 heterocycles. The number of carbonyl (C=O) groups is 2. The van der Waals surface area contributed by atoms with Crippen LogP contribution in [-0.2, 0) is 65.5 Å². The lowest BCUT2D eigenvalue weighted by Gasteiger charge is -2.46. The fourth-order valence-corrected chi connectivity index (χ4v) is 7.77. The molecule has 0 fully saturated rings. The summed E-state index contributed by atoms with van der Waals surface area (Å²) in [5.74, 6) is -1.81. The van der Waals surface area contributed by atoms with E-state index in [2.05, 4.69) is 4.74 Å². The lowest BCUT2D eigenvalue weighted by Crippen LogP contribution is -2.75. The maximum atomic E-state index is 14.2. The van der Waals surface area contributed by atoms with Gasteiger partial charge in [0.05, 0.1) is 50.1 Å². The van der Waals surface area contributed by atoms with Crippen molar-refractivity contribution in [3.63, 3.8) is 0 Å². The van der Waals surface area contributed by atoms with Crippen LogP contribution in [0.25, 0.3) is 0 Å². The van der Waals surface area contributed by atoms with Crippen LogP contribution < -0.4 is 26.4 Å². The molecule has 0 atom stereocenters. The lowest BCUT2D eigenvalue weighted by molar-refractivity contribution is -0.688. The number of halogens is 24. The van der Waals surface area contributed by atoms with E-state index in [1.54, 1.807) is 24.5 Å². The number of carbonyl (C=O) groups excluding carboxylic acids is 1. The Morgan fingerprint density at radius 2 is 0.636 bits per heavy atom. The fourth-order valence-electron chi connectivity index (χ4n) is 7.77.